The summed E-state index contributed by atoms with van der Waals surface area (Å²) in [5.41, 5.74) is 1.63. The first kappa shape index (κ1) is 34.5. The van der Waals surface area contributed by atoms with E-state index in [-0.39, 0.29) is 18.7 Å². The first-order valence-corrected chi connectivity index (χ1v) is 15.0. The lowest BCUT2D eigenvalue weighted by atomic mass is 9.98. The van der Waals surface area contributed by atoms with Crippen LogP contribution in [0.3, 0.4) is 0 Å². The third kappa shape index (κ3) is 10.6. The highest BCUT2D eigenvalue weighted by atomic mass is 16.6. The molecule has 3 aromatic carbocycles. The number of aromatic hydroxyl groups is 1. The summed E-state index contributed by atoms with van der Waals surface area (Å²) in [7, 11) is 1.56. The number of amides is 3. The molecule has 0 aliphatic rings. The normalized spacial score (nSPS) is 12.3. The van der Waals surface area contributed by atoms with E-state index in [9.17, 15) is 19.5 Å². The maximum absolute atomic E-state index is 14.6. The van der Waals surface area contributed by atoms with Gasteiger partial charge in [0.05, 0.1) is 7.11 Å². The number of anilines is 1. The minimum absolute atomic E-state index is 0.0774. The number of nitrogens with one attached hydrogen (secondary N) is 2. The Bertz CT molecular complexity index is 1460. The summed E-state index contributed by atoms with van der Waals surface area (Å²) < 4.78 is 10.7. The number of carbonyl (C=O) groups is 3. The Morgan fingerprint density at radius 2 is 1.60 bits per heavy atom. The van der Waals surface area contributed by atoms with Crippen LogP contribution in [0.2, 0.25) is 0 Å². The molecular formula is C36H43N3O6. The van der Waals surface area contributed by atoms with E-state index >= 15 is 0 Å². The van der Waals surface area contributed by atoms with Crippen molar-refractivity contribution in [1.29, 1.82) is 0 Å². The van der Waals surface area contributed by atoms with Crippen LogP contribution in [-0.4, -0.2) is 53.2 Å². The SMILES string of the molecule is C#Cc1ccc(C(C(=O)Nc2ccc(OC)cc2)N(CCCCC)C(=O)C(Cc2ccc(O)cc2)NC(=O)OC(C)(C)C)cc1. The minimum Gasteiger partial charge on any atom is -0.508 e. The van der Waals surface area contributed by atoms with Gasteiger partial charge in [0.25, 0.3) is 5.91 Å². The van der Waals surface area contributed by atoms with E-state index in [0.29, 0.717) is 34.5 Å². The standard InChI is InChI=1S/C36H43N3O6/c1-7-9-10-23-39(34(42)31(38-35(43)45-36(3,4)5)24-26-13-19-29(40)20-14-26)32(27-15-11-25(8-2)12-16-27)33(41)37-28-17-21-30(44-6)22-18-28/h2,11-22,31-32,40H,7,9-10,23-24H2,1,3-6H3,(H,37,41)(H,38,43). The van der Waals surface area contributed by atoms with Crippen LogP contribution in [0.25, 0.3) is 0 Å². The first-order valence-electron chi connectivity index (χ1n) is 15.0. The number of rotatable bonds is 13. The summed E-state index contributed by atoms with van der Waals surface area (Å²) in [5.74, 6) is 2.41. The number of carbonyl (C=O) groups excluding carboxylic acids is 3. The van der Waals surface area contributed by atoms with Crippen molar-refractivity contribution < 1.29 is 29.0 Å². The van der Waals surface area contributed by atoms with Crippen LogP contribution in [0.15, 0.2) is 72.8 Å². The zero-order valence-corrected chi connectivity index (χ0v) is 26.6. The molecule has 0 aliphatic heterocycles. The van der Waals surface area contributed by atoms with Crippen LogP contribution in [-0.2, 0) is 20.7 Å². The highest BCUT2D eigenvalue weighted by molar-refractivity contribution is 5.99. The zero-order chi connectivity index (χ0) is 33.0. The van der Waals surface area contributed by atoms with Crippen molar-refractivity contribution in [2.24, 2.45) is 0 Å². The third-order valence-electron chi connectivity index (χ3n) is 6.96. The van der Waals surface area contributed by atoms with Gasteiger partial charge in [-0.2, -0.15) is 0 Å². The molecule has 3 amide bonds. The molecule has 0 aliphatic carbocycles. The van der Waals surface area contributed by atoms with Gasteiger partial charge in [0.15, 0.2) is 0 Å². The topological polar surface area (TPSA) is 117 Å². The van der Waals surface area contributed by atoms with Gasteiger partial charge in [-0.25, -0.2) is 4.79 Å². The van der Waals surface area contributed by atoms with Crippen molar-refractivity contribution in [3.05, 3.63) is 89.5 Å². The second-order valence-electron chi connectivity index (χ2n) is 11.7. The van der Waals surface area contributed by atoms with Crippen LogP contribution >= 0.6 is 0 Å². The number of hydrogen-bond acceptors (Lipinski definition) is 6. The molecule has 0 saturated carbocycles. The second kappa shape index (κ2) is 16.2. The maximum atomic E-state index is 14.6. The van der Waals surface area contributed by atoms with Gasteiger partial charge in [0.2, 0.25) is 5.91 Å². The van der Waals surface area contributed by atoms with Crippen LogP contribution in [0.5, 0.6) is 11.5 Å². The van der Waals surface area contributed by atoms with Crippen molar-refractivity contribution in [1.82, 2.24) is 10.2 Å². The number of alkyl carbamates (subject to hydrolysis) is 1. The zero-order valence-electron chi connectivity index (χ0n) is 26.6. The molecule has 9 nitrogen and oxygen atoms in total. The molecule has 0 saturated heterocycles. The summed E-state index contributed by atoms with van der Waals surface area (Å²) in [4.78, 5) is 43.2. The van der Waals surface area contributed by atoms with Gasteiger partial charge in [-0.05, 0) is 86.8 Å². The molecule has 238 valence electrons. The second-order valence-corrected chi connectivity index (χ2v) is 11.7. The van der Waals surface area contributed by atoms with E-state index in [0.717, 1.165) is 12.8 Å². The predicted molar refractivity (Wildman–Crippen MR) is 175 cm³/mol. The number of phenols is 1. The number of ether oxygens (including phenoxy) is 2. The monoisotopic (exact) mass is 613 g/mol. The lowest BCUT2D eigenvalue weighted by molar-refractivity contribution is -0.140. The number of nitrogens with zero attached hydrogens (tertiary/aromatic N) is 1. The van der Waals surface area contributed by atoms with Crippen LogP contribution in [0.4, 0.5) is 10.5 Å². The molecule has 3 N–H and O–H groups in total. The molecule has 0 bridgehead atoms. The minimum atomic E-state index is -1.08. The van der Waals surface area contributed by atoms with Crippen LogP contribution in [0, 0.1) is 12.3 Å². The predicted octanol–water partition coefficient (Wildman–Crippen LogP) is 6.22. The summed E-state index contributed by atoms with van der Waals surface area (Å²) in [6.45, 7) is 7.52. The van der Waals surface area contributed by atoms with E-state index in [1.165, 1.54) is 17.0 Å². The Morgan fingerprint density at radius 1 is 0.956 bits per heavy atom. The number of benzene rings is 3. The molecule has 0 spiro atoms. The van der Waals surface area contributed by atoms with Crippen molar-refractivity contribution in [2.75, 3.05) is 19.0 Å². The van der Waals surface area contributed by atoms with Crippen LogP contribution in [0.1, 0.15) is 69.7 Å². The summed E-state index contributed by atoms with van der Waals surface area (Å²) >= 11 is 0. The fourth-order valence-electron chi connectivity index (χ4n) is 4.74. The number of hydrogen-bond donors (Lipinski definition) is 3. The summed E-state index contributed by atoms with van der Waals surface area (Å²) in [6, 6.07) is 18.1. The Hall–Kier alpha value is -4.97. The smallest absolute Gasteiger partial charge is 0.408 e. The molecule has 0 aromatic heterocycles. The van der Waals surface area contributed by atoms with Gasteiger partial charge < -0.3 is 30.1 Å². The summed E-state index contributed by atoms with van der Waals surface area (Å²) in [6.07, 6.45) is 7.30. The number of unbranched alkanes of at least 4 members (excludes halogenated alkanes) is 2. The Labute approximate surface area is 265 Å². The lowest BCUT2D eigenvalue weighted by Gasteiger charge is -2.34. The number of terminal acetylenes is 1. The van der Waals surface area contributed by atoms with E-state index < -0.39 is 35.6 Å². The molecule has 9 heteroatoms. The molecule has 2 atom stereocenters. The maximum Gasteiger partial charge on any atom is 0.408 e. The third-order valence-corrected chi connectivity index (χ3v) is 6.96. The Morgan fingerprint density at radius 3 is 2.16 bits per heavy atom. The van der Waals surface area contributed by atoms with E-state index in [1.54, 1.807) is 88.5 Å². The number of methoxy groups -OCH3 is 1. The lowest BCUT2D eigenvalue weighted by Crippen LogP contribution is -2.53. The molecule has 0 fully saturated rings. The number of phenolic OH excluding ortho intramolecular Hbond substituents is 1. The molecule has 0 heterocycles. The van der Waals surface area contributed by atoms with Crippen molar-refractivity contribution in [3.8, 4) is 23.8 Å². The van der Waals surface area contributed by atoms with E-state index in [1.807, 2.05) is 0 Å². The van der Waals surface area contributed by atoms with Crippen molar-refractivity contribution in [3.63, 3.8) is 0 Å². The average molecular weight is 614 g/mol. The molecule has 0 radical (unpaired) electrons. The fourth-order valence-corrected chi connectivity index (χ4v) is 4.74. The molecule has 3 rings (SSSR count). The largest absolute Gasteiger partial charge is 0.508 e. The highest BCUT2D eigenvalue weighted by Crippen LogP contribution is 2.27. The molecule has 3 aromatic rings. The highest BCUT2D eigenvalue weighted by Gasteiger charge is 2.36. The Kier molecular flexibility index (Phi) is 12.4. The van der Waals surface area contributed by atoms with Crippen LogP contribution < -0.4 is 15.4 Å². The van der Waals surface area contributed by atoms with Gasteiger partial charge in [-0.1, -0.05) is 50.0 Å². The Balaban J connectivity index is 2.07. The molecule has 45 heavy (non-hydrogen) atoms. The summed E-state index contributed by atoms with van der Waals surface area (Å²) in [5, 5.41) is 15.5. The average Bonchev–Trinajstić information content (AvgIpc) is 3.00. The van der Waals surface area contributed by atoms with Crippen molar-refractivity contribution in [2.45, 2.75) is 71.1 Å². The van der Waals surface area contributed by atoms with Gasteiger partial charge in [0.1, 0.15) is 29.2 Å². The fraction of sp³-hybridized carbons (Fsp3) is 0.361. The first-order chi connectivity index (χ1) is 21.4. The molecular weight excluding hydrogens is 570 g/mol. The van der Waals surface area contributed by atoms with Gasteiger partial charge >= 0.3 is 6.09 Å². The van der Waals surface area contributed by atoms with Gasteiger partial charge in [0, 0.05) is 24.2 Å². The van der Waals surface area contributed by atoms with Gasteiger partial charge in [-0.15, -0.1) is 6.42 Å². The van der Waals surface area contributed by atoms with E-state index in [4.69, 9.17) is 15.9 Å². The van der Waals surface area contributed by atoms with Crippen molar-refractivity contribution >= 4 is 23.6 Å². The van der Waals surface area contributed by atoms with E-state index in [2.05, 4.69) is 23.5 Å². The van der Waals surface area contributed by atoms with Gasteiger partial charge in [-0.3, -0.25) is 9.59 Å². The molecule has 2 unspecified atom stereocenters. The quantitative estimate of drug-likeness (QED) is 0.156.